The number of piperazine rings is 1. The minimum atomic E-state index is -1.02. The normalized spacial score (nSPS) is 17.1. The molecule has 0 radical (unpaired) electrons. The first-order valence-corrected chi connectivity index (χ1v) is 7.48. The van der Waals surface area contributed by atoms with Crippen molar-refractivity contribution in [1.29, 1.82) is 0 Å². The van der Waals surface area contributed by atoms with Crippen LogP contribution in [0.15, 0.2) is 28.7 Å². The Morgan fingerprint density at radius 2 is 1.82 bits per heavy atom. The number of rotatable bonds is 5. The molecule has 2 aromatic rings. The molecule has 1 saturated heterocycles. The van der Waals surface area contributed by atoms with Gasteiger partial charge in [0.2, 0.25) is 5.76 Å². The fourth-order valence-corrected chi connectivity index (χ4v) is 2.96. The van der Waals surface area contributed by atoms with Crippen molar-refractivity contribution in [2.75, 3.05) is 39.3 Å². The van der Waals surface area contributed by atoms with Gasteiger partial charge in [-0.2, -0.15) is 0 Å². The van der Waals surface area contributed by atoms with Crippen LogP contribution < -0.4 is 0 Å². The van der Waals surface area contributed by atoms with Crippen LogP contribution in [0.25, 0.3) is 11.0 Å². The Bertz CT molecular complexity index is 659. The predicted octanol–water partition coefficient (Wildman–Crippen LogP) is 1.24. The molecular formula is C16H20N2O4. The van der Waals surface area contributed by atoms with Crippen molar-refractivity contribution in [3.8, 4) is 0 Å². The monoisotopic (exact) mass is 304 g/mol. The van der Waals surface area contributed by atoms with Crippen molar-refractivity contribution in [3.63, 3.8) is 0 Å². The van der Waals surface area contributed by atoms with Gasteiger partial charge in [-0.05, 0) is 6.07 Å². The van der Waals surface area contributed by atoms with E-state index in [-0.39, 0.29) is 12.4 Å². The van der Waals surface area contributed by atoms with E-state index < -0.39 is 5.97 Å². The molecule has 1 aromatic heterocycles. The van der Waals surface area contributed by atoms with Gasteiger partial charge < -0.3 is 14.6 Å². The van der Waals surface area contributed by atoms with E-state index in [1.165, 1.54) is 0 Å². The molecule has 0 saturated carbocycles. The molecule has 1 aromatic carbocycles. The number of benzene rings is 1. The predicted molar refractivity (Wildman–Crippen MR) is 82.0 cm³/mol. The molecule has 0 spiro atoms. The summed E-state index contributed by atoms with van der Waals surface area (Å²) in [7, 11) is 0. The average molecular weight is 304 g/mol. The van der Waals surface area contributed by atoms with Crippen LogP contribution >= 0.6 is 0 Å². The summed E-state index contributed by atoms with van der Waals surface area (Å²) in [4.78, 5) is 15.9. The van der Waals surface area contributed by atoms with Gasteiger partial charge >= 0.3 is 5.97 Å². The third kappa shape index (κ3) is 2.99. The number of furan rings is 1. The molecule has 2 N–H and O–H groups in total. The molecule has 0 aliphatic carbocycles. The summed E-state index contributed by atoms with van der Waals surface area (Å²) < 4.78 is 5.49. The number of aromatic carboxylic acids is 1. The van der Waals surface area contributed by atoms with Crippen molar-refractivity contribution in [2.45, 2.75) is 6.54 Å². The van der Waals surface area contributed by atoms with E-state index in [4.69, 9.17) is 9.52 Å². The van der Waals surface area contributed by atoms with E-state index in [2.05, 4.69) is 9.80 Å². The highest BCUT2D eigenvalue weighted by atomic mass is 16.4. The number of hydrogen-bond acceptors (Lipinski definition) is 5. The lowest BCUT2D eigenvalue weighted by atomic mass is 10.1. The van der Waals surface area contributed by atoms with Gasteiger partial charge in [0.05, 0.1) is 6.61 Å². The lowest BCUT2D eigenvalue weighted by Crippen LogP contribution is -2.46. The molecule has 0 bridgehead atoms. The summed E-state index contributed by atoms with van der Waals surface area (Å²) in [5, 5.41) is 19.2. The molecule has 1 fully saturated rings. The number of carboxylic acids is 1. The quantitative estimate of drug-likeness (QED) is 0.865. The van der Waals surface area contributed by atoms with E-state index in [0.29, 0.717) is 18.7 Å². The number of aliphatic hydroxyl groups is 1. The van der Waals surface area contributed by atoms with Crippen LogP contribution in [-0.2, 0) is 6.54 Å². The Morgan fingerprint density at radius 3 is 2.50 bits per heavy atom. The molecule has 6 heteroatoms. The molecule has 0 amide bonds. The van der Waals surface area contributed by atoms with Crippen molar-refractivity contribution in [3.05, 3.63) is 35.6 Å². The molecule has 0 unspecified atom stereocenters. The zero-order chi connectivity index (χ0) is 15.5. The lowest BCUT2D eigenvalue weighted by Gasteiger charge is -2.34. The number of carboxylic acid groups (broad SMARTS) is 1. The SMILES string of the molecule is O=C(O)c1oc2ccccc2c1CN1CCN(CCO)CC1. The van der Waals surface area contributed by atoms with E-state index in [1.807, 2.05) is 18.2 Å². The highest BCUT2D eigenvalue weighted by Gasteiger charge is 2.23. The topological polar surface area (TPSA) is 77.2 Å². The van der Waals surface area contributed by atoms with Crippen molar-refractivity contribution < 1.29 is 19.4 Å². The number of hydrogen-bond donors (Lipinski definition) is 2. The molecule has 1 aliphatic rings. The Hall–Kier alpha value is -1.89. The number of β-amino-alcohol motifs (C(OH)–C–C–N with tert-alkyl or cyclic N) is 1. The Kier molecular flexibility index (Phi) is 4.42. The summed E-state index contributed by atoms with van der Waals surface area (Å²) in [5.74, 6) is -0.982. The zero-order valence-electron chi connectivity index (χ0n) is 12.4. The first-order valence-electron chi connectivity index (χ1n) is 7.48. The van der Waals surface area contributed by atoms with Gasteiger partial charge in [-0.3, -0.25) is 9.80 Å². The molecule has 3 rings (SSSR count). The van der Waals surface area contributed by atoms with Gasteiger partial charge in [0, 0.05) is 50.2 Å². The third-order valence-electron chi connectivity index (χ3n) is 4.16. The summed E-state index contributed by atoms with van der Waals surface area (Å²) in [6.07, 6.45) is 0. The second-order valence-corrected chi connectivity index (χ2v) is 5.55. The molecular weight excluding hydrogens is 284 g/mol. The molecule has 22 heavy (non-hydrogen) atoms. The smallest absolute Gasteiger partial charge is 0.372 e. The Balaban J connectivity index is 1.79. The maximum absolute atomic E-state index is 11.4. The maximum Gasteiger partial charge on any atom is 0.372 e. The van der Waals surface area contributed by atoms with Crippen molar-refractivity contribution in [2.24, 2.45) is 0 Å². The number of aliphatic hydroxyl groups excluding tert-OH is 1. The van der Waals surface area contributed by atoms with Crippen molar-refractivity contribution in [1.82, 2.24) is 9.80 Å². The van der Waals surface area contributed by atoms with Crippen LogP contribution in [0.3, 0.4) is 0 Å². The second kappa shape index (κ2) is 6.48. The molecule has 118 valence electrons. The Labute approximate surface area is 128 Å². The van der Waals surface area contributed by atoms with Gasteiger partial charge in [0.15, 0.2) is 0 Å². The number of nitrogens with zero attached hydrogens (tertiary/aromatic N) is 2. The van der Waals surface area contributed by atoms with E-state index >= 15 is 0 Å². The second-order valence-electron chi connectivity index (χ2n) is 5.55. The van der Waals surface area contributed by atoms with Crippen LogP contribution in [-0.4, -0.2) is 65.3 Å². The first kappa shape index (κ1) is 15.0. The third-order valence-corrected chi connectivity index (χ3v) is 4.16. The Morgan fingerprint density at radius 1 is 1.14 bits per heavy atom. The lowest BCUT2D eigenvalue weighted by molar-refractivity contribution is 0.0658. The first-order chi connectivity index (χ1) is 10.7. The summed E-state index contributed by atoms with van der Waals surface area (Å²) in [5.41, 5.74) is 1.37. The largest absolute Gasteiger partial charge is 0.475 e. The average Bonchev–Trinajstić information content (AvgIpc) is 2.89. The van der Waals surface area contributed by atoms with Crippen LogP contribution in [0, 0.1) is 0 Å². The summed E-state index contributed by atoms with van der Waals surface area (Å²) in [6.45, 7) is 4.94. The molecule has 2 heterocycles. The van der Waals surface area contributed by atoms with Gasteiger partial charge in [-0.15, -0.1) is 0 Å². The molecule has 1 aliphatic heterocycles. The zero-order valence-corrected chi connectivity index (χ0v) is 12.4. The fourth-order valence-electron chi connectivity index (χ4n) is 2.96. The van der Waals surface area contributed by atoms with Gasteiger partial charge in [-0.1, -0.05) is 18.2 Å². The van der Waals surface area contributed by atoms with Gasteiger partial charge in [0.1, 0.15) is 5.58 Å². The van der Waals surface area contributed by atoms with E-state index in [1.54, 1.807) is 6.07 Å². The number of fused-ring (bicyclic) bond motifs is 1. The fraction of sp³-hybridized carbons (Fsp3) is 0.438. The van der Waals surface area contributed by atoms with Crippen LogP contribution in [0.1, 0.15) is 16.1 Å². The molecule has 0 atom stereocenters. The highest BCUT2D eigenvalue weighted by Crippen LogP contribution is 2.27. The summed E-state index contributed by atoms with van der Waals surface area (Å²) in [6, 6.07) is 7.44. The number of para-hydroxylation sites is 1. The van der Waals surface area contributed by atoms with E-state index in [0.717, 1.165) is 37.1 Å². The highest BCUT2D eigenvalue weighted by molar-refractivity contribution is 5.95. The minimum absolute atomic E-state index is 0.0407. The van der Waals surface area contributed by atoms with Crippen LogP contribution in [0.4, 0.5) is 0 Å². The standard InChI is InChI=1S/C16H20N2O4/c19-10-9-17-5-7-18(8-6-17)11-13-12-3-1-2-4-14(12)22-15(13)16(20)21/h1-4,19H,5-11H2,(H,20,21). The van der Waals surface area contributed by atoms with Crippen molar-refractivity contribution >= 4 is 16.9 Å². The maximum atomic E-state index is 11.4. The minimum Gasteiger partial charge on any atom is -0.475 e. The van der Waals surface area contributed by atoms with Gasteiger partial charge in [-0.25, -0.2) is 4.79 Å². The van der Waals surface area contributed by atoms with Gasteiger partial charge in [0.25, 0.3) is 0 Å². The van der Waals surface area contributed by atoms with Crippen LogP contribution in [0.5, 0.6) is 0 Å². The molecule has 6 nitrogen and oxygen atoms in total. The van der Waals surface area contributed by atoms with Crippen LogP contribution in [0.2, 0.25) is 0 Å². The van der Waals surface area contributed by atoms with E-state index in [9.17, 15) is 9.90 Å². The number of carbonyl (C=O) groups is 1. The summed E-state index contributed by atoms with van der Waals surface area (Å²) >= 11 is 0.